The van der Waals surface area contributed by atoms with Crippen molar-refractivity contribution in [2.75, 3.05) is 6.61 Å². The molecule has 0 fully saturated rings. The molecule has 2 aromatic carbocycles. The molecule has 1 heterocycles. The standard InChI is InChI=1S/C20H19NO3/c22-20(21-14-18-10-6-12-23-18)15-24-19-11-5-4-9-17(19)13-16-7-2-1-3-8-16/h1-12H,13-15H2,(H,21,22). The van der Waals surface area contributed by atoms with Crippen molar-refractivity contribution in [2.45, 2.75) is 13.0 Å². The van der Waals surface area contributed by atoms with E-state index in [1.807, 2.05) is 48.5 Å². The molecular formula is C20H19NO3. The molecule has 1 amide bonds. The van der Waals surface area contributed by atoms with Crippen molar-refractivity contribution in [3.63, 3.8) is 0 Å². The molecule has 24 heavy (non-hydrogen) atoms. The van der Waals surface area contributed by atoms with Gasteiger partial charge in [-0.15, -0.1) is 0 Å². The molecule has 0 spiro atoms. The van der Waals surface area contributed by atoms with E-state index in [0.29, 0.717) is 12.3 Å². The second-order valence-corrected chi connectivity index (χ2v) is 5.41. The summed E-state index contributed by atoms with van der Waals surface area (Å²) >= 11 is 0. The molecule has 0 unspecified atom stereocenters. The van der Waals surface area contributed by atoms with Crippen LogP contribution < -0.4 is 10.1 Å². The molecule has 4 heteroatoms. The first-order chi connectivity index (χ1) is 11.8. The minimum atomic E-state index is -0.180. The number of carbonyl (C=O) groups is 1. The van der Waals surface area contributed by atoms with Crippen LogP contribution in [0.1, 0.15) is 16.9 Å². The van der Waals surface area contributed by atoms with Crippen molar-refractivity contribution < 1.29 is 13.9 Å². The van der Waals surface area contributed by atoms with Gasteiger partial charge in [0.1, 0.15) is 11.5 Å². The van der Waals surface area contributed by atoms with E-state index >= 15 is 0 Å². The average Bonchev–Trinajstić information content (AvgIpc) is 3.14. The van der Waals surface area contributed by atoms with Gasteiger partial charge >= 0.3 is 0 Å². The van der Waals surface area contributed by atoms with E-state index in [1.165, 1.54) is 5.56 Å². The normalized spacial score (nSPS) is 10.3. The van der Waals surface area contributed by atoms with Crippen LogP contribution in [0.5, 0.6) is 5.75 Å². The van der Waals surface area contributed by atoms with E-state index in [0.717, 1.165) is 17.7 Å². The lowest BCUT2D eigenvalue weighted by atomic mass is 10.0. The maximum atomic E-state index is 11.9. The summed E-state index contributed by atoms with van der Waals surface area (Å²) in [4.78, 5) is 11.9. The Bertz CT molecular complexity index is 767. The van der Waals surface area contributed by atoms with Gasteiger partial charge in [0, 0.05) is 6.42 Å². The number of amides is 1. The van der Waals surface area contributed by atoms with E-state index < -0.39 is 0 Å². The van der Waals surface area contributed by atoms with Crippen LogP contribution >= 0.6 is 0 Å². The lowest BCUT2D eigenvalue weighted by molar-refractivity contribution is -0.123. The number of para-hydroxylation sites is 1. The highest BCUT2D eigenvalue weighted by Gasteiger charge is 2.08. The molecule has 0 saturated heterocycles. The molecule has 1 aromatic heterocycles. The van der Waals surface area contributed by atoms with Gasteiger partial charge in [-0.1, -0.05) is 48.5 Å². The zero-order valence-corrected chi connectivity index (χ0v) is 13.3. The van der Waals surface area contributed by atoms with Crippen molar-refractivity contribution >= 4 is 5.91 Å². The van der Waals surface area contributed by atoms with Gasteiger partial charge < -0.3 is 14.5 Å². The van der Waals surface area contributed by atoms with Gasteiger partial charge in [-0.25, -0.2) is 0 Å². The van der Waals surface area contributed by atoms with Crippen molar-refractivity contribution in [1.29, 1.82) is 0 Å². The summed E-state index contributed by atoms with van der Waals surface area (Å²) in [6.45, 7) is 0.341. The van der Waals surface area contributed by atoms with Crippen molar-refractivity contribution in [3.05, 3.63) is 89.9 Å². The molecule has 0 aliphatic rings. The van der Waals surface area contributed by atoms with Crippen molar-refractivity contribution in [1.82, 2.24) is 5.32 Å². The second kappa shape index (κ2) is 8.02. The summed E-state index contributed by atoms with van der Waals surface area (Å²) in [6, 6.07) is 21.6. The molecule has 0 bridgehead atoms. The third-order valence-corrected chi connectivity index (χ3v) is 3.61. The van der Waals surface area contributed by atoms with Crippen LogP contribution in [0.3, 0.4) is 0 Å². The van der Waals surface area contributed by atoms with Crippen LogP contribution in [-0.2, 0) is 17.8 Å². The van der Waals surface area contributed by atoms with Gasteiger partial charge in [-0.2, -0.15) is 0 Å². The molecule has 122 valence electrons. The topological polar surface area (TPSA) is 51.5 Å². The zero-order chi connectivity index (χ0) is 16.6. The fourth-order valence-electron chi connectivity index (χ4n) is 2.40. The van der Waals surface area contributed by atoms with Crippen LogP contribution in [0.25, 0.3) is 0 Å². The number of rotatable bonds is 7. The van der Waals surface area contributed by atoms with Gasteiger partial charge in [-0.05, 0) is 29.3 Å². The summed E-state index contributed by atoms with van der Waals surface area (Å²) in [7, 11) is 0. The average molecular weight is 321 g/mol. The van der Waals surface area contributed by atoms with Gasteiger partial charge in [-0.3, -0.25) is 4.79 Å². The number of hydrogen-bond donors (Lipinski definition) is 1. The Labute approximate surface area is 141 Å². The first kappa shape index (κ1) is 15.9. The third kappa shape index (κ3) is 4.49. The number of carbonyl (C=O) groups excluding carboxylic acids is 1. The van der Waals surface area contributed by atoms with Crippen molar-refractivity contribution in [2.24, 2.45) is 0 Å². The SMILES string of the molecule is O=C(COc1ccccc1Cc1ccccc1)NCc1ccco1. The monoisotopic (exact) mass is 321 g/mol. The molecule has 3 aromatic rings. The quantitative estimate of drug-likeness (QED) is 0.724. The Hall–Kier alpha value is -3.01. The maximum Gasteiger partial charge on any atom is 0.258 e. The number of benzene rings is 2. The lowest BCUT2D eigenvalue weighted by Crippen LogP contribution is -2.28. The Morgan fingerprint density at radius 3 is 2.54 bits per heavy atom. The molecule has 0 saturated carbocycles. The number of ether oxygens (including phenoxy) is 1. The minimum absolute atomic E-state index is 0.0213. The van der Waals surface area contributed by atoms with E-state index in [1.54, 1.807) is 12.3 Å². The maximum absolute atomic E-state index is 11.9. The molecule has 0 atom stereocenters. The summed E-state index contributed by atoms with van der Waals surface area (Å²) in [5.74, 6) is 1.27. The highest BCUT2D eigenvalue weighted by molar-refractivity contribution is 5.77. The summed E-state index contributed by atoms with van der Waals surface area (Å²) < 4.78 is 10.9. The zero-order valence-electron chi connectivity index (χ0n) is 13.3. The Morgan fingerprint density at radius 1 is 0.958 bits per heavy atom. The molecule has 0 aliphatic heterocycles. The molecule has 1 N–H and O–H groups in total. The predicted octanol–water partition coefficient (Wildman–Crippen LogP) is 3.57. The fraction of sp³-hybridized carbons (Fsp3) is 0.150. The molecule has 0 aliphatic carbocycles. The van der Waals surface area contributed by atoms with Gasteiger partial charge in [0.05, 0.1) is 12.8 Å². The molecule has 4 nitrogen and oxygen atoms in total. The van der Waals surface area contributed by atoms with Crippen LogP contribution in [0.4, 0.5) is 0 Å². The summed E-state index contributed by atoms with van der Waals surface area (Å²) in [5.41, 5.74) is 2.26. The highest BCUT2D eigenvalue weighted by atomic mass is 16.5. The van der Waals surface area contributed by atoms with Gasteiger partial charge in [0.25, 0.3) is 5.91 Å². The smallest absolute Gasteiger partial charge is 0.258 e. The first-order valence-electron chi connectivity index (χ1n) is 7.85. The van der Waals surface area contributed by atoms with Gasteiger partial charge in [0.2, 0.25) is 0 Å². The van der Waals surface area contributed by atoms with Crippen LogP contribution in [0.2, 0.25) is 0 Å². The predicted molar refractivity (Wildman–Crippen MR) is 91.7 cm³/mol. The highest BCUT2D eigenvalue weighted by Crippen LogP contribution is 2.21. The first-order valence-corrected chi connectivity index (χ1v) is 7.85. The van der Waals surface area contributed by atoms with E-state index in [-0.39, 0.29) is 12.5 Å². The third-order valence-electron chi connectivity index (χ3n) is 3.61. The second-order valence-electron chi connectivity index (χ2n) is 5.41. The number of hydrogen-bond acceptors (Lipinski definition) is 3. The number of nitrogens with one attached hydrogen (secondary N) is 1. The van der Waals surface area contributed by atoms with E-state index in [2.05, 4.69) is 17.4 Å². The van der Waals surface area contributed by atoms with Crippen molar-refractivity contribution in [3.8, 4) is 5.75 Å². The fourth-order valence-corrected chi connectivity index (χ4v) is 2.40. The number of furan rings is 1. The van der Waals surface area contributed by atoms with Crippen LogP contribution in [0.15, 0.2) is 77.4 Å². The minimum Gasteiger partial charge on any atom is -0.483 e. The largest absolute Gasteiger partial charge is 0.483 e. The Kier molecular flexibility index (Phi) is 5.30. The van der Waals surface area contributed by atoms with Gasteiger partial charge in [0.15, 0.2) is 6.61 Å². The molecular weight excluding hydrogens is 302 g/mol. The lowest BCUT2D eigenvalue weighted by Gasteiger charge is -2.11. The van der Waals surface area contributed by atoms with E-state index in [9.17, 15) is 4.79 Å². The van der Waals surface area contributed by atoms with Crippen LogP contribution in [0, 0.1) is 0 Å². The Balaban J connectivity index is 1.56. The Morgan fingerprint density at radius 2 is 1.75 bits per heavy atom. The summed E-state index contributed by atoms with van der Waals surface area (Å²) in [5, 5.41) is 2.77. The van der Waals surface area contributed by atoms with E-state index in [4.69, 9.17) is 9.15 Å². The molecule has 3 rings (SSSR count). The molecule has 0 radical (unpaired) electrons. The van der Waals surface area contributed by atoms with Crippen LogP contribution in [-0.4, -0.2) is 12.5 Å². The summed E-state index contributed by atoms with van der Waals surface area (Å²) in [6.07, 6.45) is 2.35.